The molecule has 2 rings (SSSR count). The van der Waals surface area contributed by atoms with Crippen LogP contribution in [-0.2, 0) is 27.4 Å². The number of rotatable bonds is 10. The minimum absolute atomic E-state index is 0.0966. The van der Waals surface area contributed by atoms with Crippen molar-refractivity contribution in [2.24, 2.45) is 11.7 Å². The van der Waals surface area contributed by atoms with Crippen LogP contribution in [0, 0.1) is 9.49 Å². The average Bonchev–Trinajstić information content (AvgIpc) is 2.73. The first-order valence-electron chi connectivity index (χ1n) is 10.1. The second kappa shape index (κ2) is 12.3. The van der Waals surface area contributed by atoms with Gasteiger partial charge in [0.05, 0.1) is 0 Å². The highest BCUT2D eigenvalue weighted by molar-refractivity contribution is 14.1. The maximum absolute atomic E-state index is 12.9. The molecule has 2 aromatic carbocycles. The molecule has 0 aromatic heterocycles. The molecule has 166 valence electrons. The number of benzene rings is 2. The molecule has 0 saturated heterocycles. The summed E-state index contributed by atoms with van der Waals surface area (Å²) in [5, 5.41) is 5.29. The summed E-state index contributed by atoms with van der Waals surface area (Å²) in [4.78, 5) is 37.0. The van der Waals surface area contributed by atoms with Gasteiger partial charge in [0.1, 0.15) is 18.7 Å². The normalized spacial score (nSPS) is 12.6. The predicted octanol–water partition coefficient (Wildman–Crippen LogP) is 3.14. The van der Waals surface area contributed by atoms with Crippen LogP contribution in [0.3, 0.4) is 0 Å². The summed E-state index contributed by atoms with van der Waals surface area (Å²) in [7, 11) is 0. The number of primary amides is 1. The lowest BCUT2D eigenvalue weighted by molar-refractivity contribution is -0.128. The summed E-state index contributed by atoms with van der Waals surface area (Å²) in [5.41, 5.74) is 7.23. The predicted molar refractivity (Wildman–Crippen MR) is 127 cm³/mol. The van der Waals surface area contributed by atoms with E-state index in [0.29, 0.717) is 6.42 Å². The molecule has 0 radical (unpaired) electrons. The van der Waals surface area contributed by atoms with Gasteiger partial charge in [0.25, 0.3) is 0 Å². The van der Waals surface area contributed by atoms with Gasteiger partial charge in [0, 0.05) is 9.99 Å². The molecule has 0 spiro atoms. The Hall–Kier alpha value is -2.62. The third-order valence-electron chi connectivity index (χ3n) is 4.54. The number of hydrogen-bond acceptors (Lipinski definition) is 4. The van der Waals surface area contributed by atoms with Gasteiger partial charge < -0.3 is 21.1 Å². The molecule has 0 heterocycles. The Kier molecular flexibility index (Phi) is 9.77. The summed E-state index contributed by atoms with van der Waals surface area (Å²) in [6.45, 7) is 3.97. The van der Waals surface area contributed by atoms with Gasteiger partial charge in [-0.25, -0.2) is 4.79 Å². The Labute approximate surface area is 196 Å². The number of carbonyl (C=O) groups is 3. The molecule has 7 nitrogen and oxygen atoms in total. The fourth-order valence-corrected chi connectivity index (χ4v) is 3.32. The van der Waals surface area contributed by atoms with E-state index in [4.69, 9.17) is 10.5 Å². The Balaban J connectivity index is 1.99. The van der Waals surface area contributed by atoms with Crippen LogP contribution >= 0.6 is 22.6 Å². The maximum Gasteiger partial charge on any atom is 0.408 e. The quantitative estimate of drug-likeness (QED) is 0.405. The molecule has 0 aliphatic rings. The van der Waals surface area contributed by atoms with Gasteiger partial charge >= 0.3 is 6.09 Å². The van der Waals surface area contributed by atoms with Gasteiger partial charge in [0.2, 0.25) is 11.8 Å². The number of nitrogens with two attached hydrogens (primary N) is 1. The van der Waals surface area contributed by atoms with Crippen molar-refractivity contribution in [3.8, 4) is 0 Å². The van der Waals surface area contributed by atoms with E-state index >= 15 is 0 Å². The van der Waals surface area contributed by atoms with Crippen LogP contribution < -0.4 is 16.4 Å². The van der Waals surface area contributed by atoms with E-state index in [-0.39, 0.29) is 18.9 Å². The molecule has 0 fully saturated rings. The average molecular weight is 537 g/mol. The van der Waals surface area contributed by atoms with Crippen molar-refractivity contribution in [1.82, 2.24) is 10.6 Å². The molecule has 4 N–H and O–H groups in total. The molecule has 0 unspecified atom stereocenters. The van der Waals surface area contributed by atoms with Crippen LogP contribution in [0.2, 0.25) is 0 Å². The summed E-state index contributed by atoms with van der Waals surface area (Å²) in [6, 6.07) is 15.1. The highest BCUT2D eigenvalue weighted by Gasteiger charge is 2.27. The third-order valence-corrected chi connectivity index (χ3v) is 5.26. The molecule has 31 heavy (non-hydrogen) atoms. The van der Waals surface area contributed by atoms with Gasteiger partial charge in [0.15, 0.2) is 0 Å². The number of halogens is 1. The molecule has 8 heteroatoms. The minimum atomic E-state index is -0.885. The largest absolute Gasteiger partial charge is 0.445 e. The number of nitrogens with one attached hydrogen (secondary N) is 2. The van der Waals surface area contributed by atoms with E-state index < -0.39 is 30.0 Å². The Bertz CT molecular complexity index is 872. The monoisotopic (exact) mass is 537 g/mol. The number of hydrogen-bond donors (Lipinski definition) is 3. The lowest BCUT2D eigenvalue weighted by Crippen LogP contribution is -2.54. The Morgan fingerprint density at radius 3 is 2.16 bits per heavy atom. The molecule has 0 aliphatic carbocycles. The van der Waals surface area contributed by atoms with Crippen molar-refractivity contribution in [2.45, 2.75) is 45.4 Å². The van der Waals surface area contributed by atoms with E-state index in [1.54, 1.807) is 0 Å². The molecule has 0 bridgehead atoms. The van der Waals surface area contributed by atoms with E-state index in [1.165, 1.54) is 0 Å². The minimum Gasteiger partial charge on any atom is -0.445 e. The first-order chi connectivity index (χ1) is 14.7. The molecule has 2 atom stereocenters. The molecule has 3 amide bonds. The third kappa shape index (κ3) is 8.95. The van der Waals surface area contributed by atoms with Crippen LogP contribution in [-0.4, -0.2) is 30.0 Å². The molecular weight excluding hydrogens is 509 g/mol. The van der Waals surface area contributed by atoms with Crippen LogP contribution in [0.1, 0.15) is 31.4 Å². The molecule has 0 aliphatic heterocycles. The van der Waals surface area contributed by atoms with Crippen molar-refractivity contribution in [3.63, 3.8) is 0 Å². The zero-order chi connectivity index (χ0) is 22.8. The van der Waals surface area contributed by atoms with Gasteiger partial charge in [-0.3, -0.25) is 9.59 Å². The smallest absolute Gasteiger partial charge is 0.408 e. The number of carbonyl (C=O) groups excluding carboxylic acids is 3. The summed E-state index contributed by atoms with van der Waals surface area (Å²) in [5.74, 6) is -0.977. The van der Waals surface area contributed by atoms with E-state index in [1.807, 2.05) is 68.4 Å². The zero-order valence-corrected chi connectivity index (χ0v) is 19.8. The number of amides is 3. The summed E-state index contributed by atoms with van der Waals surface area (Å²) < 4.78 is 6.29. The fraction of sp³-hybridized carbons (Fsp3) is 0.348. The van der Waals surface area contributed by atoms with Crippen LogP contribution in [0.15, 0.2) is 54.6 Å². The molecular formula is C23H28IN3O4. The van der Waals surface area contributed by atoms with Crippen molar-refractivity contribution in [2.75, 3.05) is 0 Å². The first kappa shape index (κ1) is 24.6. The second-order valence-corrected chi connectivity index (χ2v) is 8.93. The van der Waals surface area contributed by atoms with Crippen LogP contribution in [0.25, 0.3) is 0 Å². The topological polar surface area (TPSA) is 111 Å². The summed E-state index contributed by atoms with van der Waals surface area (Å²) >= 11 is 2.19. The summed E-state index contributed by atoms with van der Waals surface area (Å²) in [6.07, 6.45) is -0.0375. The van der Waals surface area contributed by atoms with Gasteiger partial charge in [-0.1, -0.05) is 56.3 Å². The van der Waals surface area contributed by atoms with E-state index in [0.717, 1.165) is 14.7 Å². The molecule has 2 aromatic rings. The zero-order valence-electron chi connectivity index (χ0n) is 17.6. The van der Waals surface area contributed by atoms with Crippen molar-refractivity contribution < 1.29 is 19.1 Å². The standard InChI is InChI=1S/C23H28IN3O4/c1-15(2)12-20(27-23(30)31-14-17-6-4-3-5-7-17)22(29)26-19(21(25)28)13-16-8-10-18(24)11-9-16/h3-11,15,19-20H,12-14H2,1-2H3,(H2,25,28)(H,26,29)(H,27,30)/t19-,20-/m0/s1. The van der Waals surface area contributed by atoms with Crippen molar-refractivity contribution >= 4 is 40.5 Å². The van der Waals surface area contributed by atoms with Crippen molar-refractivity contribution in [3.05, 3.63) is 69.3 Å². The van der Waals surface area contributed by atoms with Gasteiger partial charge in [-0.15, -0.1) is 0 Å². The van der Waals surface area contributed by atoms with Gasteiger partial charge in [-0.2, -0.15) is 0 Å². The van der Waals surface area contributed by atoms with Crippen LogP contribution in [0.5, 0.6) is 0 Å². The number of alkyl carbamates (subject to hydrolysis) is 1. The Morgan fingerprint density at radius 1 is 0.935 bits per heavy atom. The number of ether oxygens (including phenoxy) is 1. The lowest BCUT2D eigenvalue weighted by Gasteiger charge is -2.23. The van der Waals surface area contributed by atoms with Gasteiger partial charge in [-0.05, 0) is 58.2 Å². The van der Waals surface area contributed by atoms with Crippen LogP contribution in [0.4, 0.5) is 4.79 Å². The maximum atomic E-state index is 12.9. The van der Waals surface area contributed by atoms with Crippen molar-refractivity contribution in [1.29, 1.82) is 0 Å². The lowest BCUT2D eigenvalue weighted by atomic mass is 10.0. The SMILES string of the molecule is CC(C)C[C@H](NC(=O)OCc1ccccc1)C(=O)N[C@@H](Cc1ccc(I)cc1)C(N)=O. The van der Waals surface area contributed by atoms with E-state index in [2.05, 4.69) is 33.2 Å². The second-order valence-electron chi connectivity index (χ2n) is 7.68. The fourth-order valence-electron chi connectivity index (χ4n) is 2.96. The highest BCUT2D eigenvalue weighted by Crippen LogP contribution is 2.11. The Morgan fingerprint density at radius 2 is 1.58 bits per heavy atom. The first-order valence-corrected chi connectivity index (χ1v) is 11.1. The molecule has 0 saturated carbocycles. The highest BCUT2D eigenvalue weighted by atomic mass is 127. The van der Waals surface area contributed by atoms with E-state index in [9.17, 15) is 14.4 Å².